The highest BCUT2D eigenvalue weighted by Crippen LogP contribution is 2.30. The highest BCUT2D eigenvalue weighted by Gasteiger charge is 2.21. The van der Waals surface area contributed by atoms with Gasteiger partial charge >= 0.3 is 0 Å². The van der Waals surface area contributed by atoms with Gasteiger partial charge in [0.05, 0.1) is 14.2 Å². The summed E-state index contributed by atoms with van der Waals surface area (Å²) in [5.74, 6) is 3.03. The zero-order chi connectivity index (χ0) is 24.8. The Morgan fingerprint density at radius 3 is 2.14 bits per heavy atom. The molecule has 0 spiro atoms. The van der Waals surface area contributed by atoms with Crippen molar-refractivity contribution in [1.29, 1.82) is 0 Å². The van der Waals surface area contributed by atoms with Crippen LogP contribution in [0.4, 0.5) is 28.8 Å². The second kappa shape index (κ2) is 10.3. The van der Waals surface area contributed by atoms with Crippen LogP contribution in [0.25, 0.3) is 0 Å². The van der Waals surface area contributed by atoms with Crippen LogP contribution in [0.15, 0.2) is 77.8 Å². The quantitative estimate of drug-likeness (QED) is 0.310. The van der Waals surface area contributed by atoms with Crippen molar-refractivity contribution in [2.24, 2.45) is 0 Å². The Labute approximate surface area is 203 Å². The Morgan fingerprint density at radius 1 is 0.771 bits per heavy atom. The van der Waals surface area contributed by atoms with Gasteiger partial charge in [-0.05, 0) is 55.5 Å². The maximum Gasteiger partial charge on any atom is 0.265 e. The topological polar surface area (TPSA) is 127 Å². The van der Waals surface area contributed by atoms with Crippen LogP contribution in [0, 0.1) is 6.92 Å². The van der Waals surface area contributed by atoms with Crippen molar-refractivity contribution in [3.63, 3.8) is 0 Å². The molecule has 0 aliphatic carbocycles. The zero-order valence-electron chi connectivity index (χ0n) is 19.3. The Kier molecular flexibility index (Phi) is 6.97. The predicted octanol–water partition coefficient (Wildman–Crippen LogP) is 4.49. The van der Waals surface area contributed by atoms with Crippen molar-refractivity contribution in [3.05, 3.63) is 78.8 Å². The molecule has 3 N–H and O–H groups in total. The summed E-state index contributed by atoms with van der Waals surface area (Å²) >= 11 is 0. The molecule has 0 unspecified atom stereocenters. The molecule has 2 aromatic carbocycles. The largest absolute Gasteiger partial charge is 0.497 e. The standard InChI is InChI=1S/C24H24N6O4S/c1-16-26-23(15-24(27-16)29-22-6-4-5-13-25-22)28-17-7-9-18(10-8-17)30-35(31,32)21-14-19(33-2)11-12-20(21)34-3/h4-15,30H,1-3H3,(H2,25,26,27,28,29). The van der Waals surface area contributed by atoms with Crippen molar-refractivity contribution in [3.8, 4) is 11.5 Å². The molecule has 0 saturated heterocycles. The summed E-state index contributed by atoms with van der Waals surface area (Å²) in [7, 11) is -1.04. The highest BCUT2D eigenvalue weighted by molar-refractivity contribution is 7.92. The lowest BCUT2D eigenvalue weighted by atomic mass is 10.3. The molecule has 180 valence electrons. The minimum atomic E-state index is -3.91. The number of aryl methyl sites for hydroxylation is 1. The van der Waals surface area contributed by atoms with Crippen LogP contribution >= 0.6 is 0 Å². The van der Waals surface area contributed by atoms with Crippen molar-refractivity contribution in [2.75, 3.05) is 29.6 Å². The third-order valence-electron chi connectivity index (χ3n) is 4.83. The molecule has 10 nitrogen and oxygen atoms in total. The number of benzene rings is 2. The zero-order valence-corrected chi connectivity index (χ0v) is 20.1. The summed E-state index contributed by atoms with van der Waals surface area (Å²) in [6.45, 7) is 1.79. The van der Waals surface area contributed by atoms with E-state index in [1.54, 1.807) is 55.6 Å². The lowest BCUT2D eigenvalue weighted by molar-refractivity contribution is 0.392. The molecule has 0 amide bonds. The second-order valence-corrected chi connectivity index (χ2v) is 9.00. The first kappa shape index (κ1) is 23.8. The molecular weight excluding hydrogens is 468 g/mol. The molecule has 2 heterocycles. The van der Waals surface area contributed by atoms with Gasteiger partial charge in [0.2, 0.25) is 0 Å². The van der Waals surface area contributed by atoms with Crippen molar-refractivity contribution >= 4 is 38.9 Å². The van der Waals surface area contributed by atoms with Gasteiger partial charge in [-0.25, -0.2) is 23.4 Å². The minimum absolute atomic E-state index is 0.0223. The average Bonchev–Trinajstić information content (AvgIpc) is 2.85. The van der Waals surface area contributed by atoms with E-state index in [2.05, 4.69) is 30.3 Å². The lowest BCUT2D eigenvalue weighted by Gasteiger charge is -2.13. The molecule has 0 saturated carbocycles. The van der Waals surface area contributed by atoms with E-state index < -0.39 is 10.0 Å². The maximum absolute atomic E-state index is 13.0. The van der Waals surface area contributed by atoms with Gasteiger partial charge in [-0.3, -0.25) is 4.72 Å². The monoisotopic (exact) mass is 492 g/mol. The number of rotatable bonds is 9. The number of nitrogens with zero attached hydrogens (tertiary/aromatic N) is 3. The molecule has 0 radical (unpaired) electrons. The first-order chi connectivity index (χ1) is 16.9. The molecule has 0 fully saturated rings. The van der Waals surface area contributed by atoms with E-state index in [-0.39, 0.29) is 10.6 Å². The Morgan fingerprint density at radius 2 is 1.49 bits per heavy atom. The van der Waals surface area contributed by atoms with E-state index in [1.807, 2.05) is 18.2 Å². The number of anilines is 5. The van der Waals surface area contributed by atoms with Crippen LogP contribution in [-0.2, 0) is 10.0 Å². The van der Waals surface area contributed by atoms with Gasteiger partial charge in [0, 0.05) is 29.7 Å². The molecule has 4 aromatic rings. The fraction of sp³-hybridized carbons (Fsp3) is 0.125. The van der Waals surface area contributed by atoms with E-state index in [0.29, 0.717) is 40.4 Å². The summed E-state index contributed by atoms with van der Waals surface area (Å²) in [5, 5.41) is 6.34. The van der Waals surface area contributed by atoms with E-state index in [1.165, 1.54) is 20.3 Å². The lowest BCUT2D eigenvalue weighted by Crippen LogP contribution is -2.14. The van der Waals surface area contributed by atoms with E-state index >= 15 is 0 Å². The third kappa shape index (κ3) is 5.95. The summed E-state index contributed by atoms with van der Waals surface area (Å²) in [6, 6.07) is 18.7. The summed E-state index contributed by atoms with van der Waals surface area (Å²) < 4.78 is 38.8. The highest BCUT2D eigenvalue weighted by atomic mass is 32.2. The average molecular weight is 493 g/mol. The molecule has 0 bridgehead atoms. The number of pyridine rings is 1. The summed E-state index contributed by atoms with van der Waals surface area (Å²) in [6.07, 6.45) is 1.69. The second-order valence-electron chi connectivity index (χ2n) is 7.35. The number of ether oxygens (including phenoxy) is 2. The molecule has 2 aromatic heterocycles. The number of aromatic nitrogens is 3. The van der Waals surface area contributed by atoms with Gasteiger partial charge in [-0.1, -0.05) is 6.07 Å². The van der Waals surface area contributed by atoms with E-state index in [4.69, 9.17) is 9.47 Å². The maximum atomic E-state index is 13.0. The molecule has 0 aliphatic heterocycles. The molecule has 35 heavy (non-hydrogen) atoms. The summed E-state index contributed by atoms with van der Waals surface area (Å²) in [5.41, 5.74) is 1.10. The minimum Gasteiger partial charge on any atom is -0.497 e. The fourth-order valence-corrected chi connectivity index (χ4v) is 4.48. The summed E-state index contributed by atoms with van der Waals surface area (Å²) in [4.78, 5) is 13.0. The third-order valence-corrected chi connectivity index (χ3v) is 6.23. The Balaban J connectivity index is 1.49. The normalized spacial score (nSPS) is 10.9. The number of methoxy groups -OCH3 is 2. The first-order valence-electron chi connectivity index (χ1n) is 10.5. The van der Waals surface area contributed by atoms with E-state index in [0.717, 1.165) is 0 Å². The Hall–Kier alpha value is -4.38. The van der Waals surface area contributed by atoms with Crippen molar-refractivity contribution < 1.29 is 17.9 Å². The van der Waals surface area contributed by atoms with Crippen LogP contribution in [-0.4, -0.2) is 37.6 Å². The van der Waals surface area contributed by atoms with Gasteiger partial charge in [-0.15, -0.1) is 0 Å². The van der Waals surface area contributed by atoms with Crippen LogP contribution in [0.5, 0.6) is 11.5 Å². The Bertz CT molecular complexity index is 1410. The predicted molar refractivity (Wildman–Crippen MR) is 134 cm³/mol. The first-order valence-corrected chi connectivity index (χ1v) is 12.0. The van der Waals surface area contributed by atoms with E-state index in [9.17, 15) is 8.42 Å². The molecule has 0 aliphatic rings. The number of hydrogen-bond donors (Lipinski definition) is 3. The van der Waals surface area contributed by atoms with Gasteiger partial charge in [0.1, 0.15) is 39.7 Å². The molecule has 11 heteroatoms. The van der Waals surface area contributed by atoms with Crippen LogP contribution in [0.2, 0.25) is 0 Å². The molecular formula is C24H24N6O4S. The van der Waals surface area contributed by atoms with Crippen LogP contribution in [0.3, 0.4) is 0 Å². The van der Waals surface area contributed by atoms with Crippen LogP contribution in [0.1, 0.15) is 5.82 Å². The molecule has 0 atom stereocenters. The smallest absolute Gasteiger partial charge is 0.265 e. The van der Waals surface area contributed by atoms with Gasteiger partial charge in [0.15, 0.2) is 0 Å². The van der Waals surface area contributed by atoms with Gasteiger partial charge in [-0.2, -0.15) is 0 Å². The van der Waals surface area contributed by atoms with Crippen molar-refractivity contribution in [2.45, 2.75) is 11.8 Å². The fourth-order valence-electron chi connectivity index (χ4n) is 3.24. The van der Waals surface area contributed by atoms with Crippen LogP contribution < -0.4 is 24.8 Å². The van der Waals surface area contributed by atoms with Gasteiger partial charge in [0.25, 0.3) is 10.0 Å². The van der Waals surface area contributed by atoms with Crippen molar-refractivity contribution in [1.82, 2.24) is 15.0 Å². The number of nitrogens with one attached hydrogen (secondary N) is 3. The van der Waals surface area contributed by atoms with Gasteiger partial charge < -0.3 is 20.1 Å². The molecule has 4 rings (SSSR count). The SMILES string of the molecule is COc1ccc(OC)c(S(=O)(=O)Nc2ccc(Nc3cc(Nc4ccccn4)nc(C)n3)cc2)c1. The number of sulfonamides is 1. The number of hydrogen-bond acceptors (Lipinski definition) is 9.